The molecule has 0 spiro atoms. The second-order valence-electron chi connectivity index (χ2n) is 6.53. The number of anilines is 1. The van der Waals surface area contributed by atoms with Gasteiger partial charge in [-0.15, -0.1) is 0 Å². The van der Waals surface area contributed by atoms with E-state index < -0.39 is 18.3 Å². The lowest BCUT2D eigenvalue weighted by Crippen LogP contribution is -2.41. The van der Waals surface area contributed by atoms with Gasteiger partial charge in [-0.3, -0.25) is 0 Å². The number of methoxy groups -OCH3 is 1. The summed E-state index contributed by atoms with van der Waals surface area (Å²) in [5, 5.41) is 3.13. The molecule has 126 valence electrons. The topological polar surface area (TPSA) is 91.5 Å². The van der Waals surface area contributed by atoms with Gasteiger partial charge < -0.3 is 25.1 Å². The van der Waals surface area contributed by atoms with Gasteiger partial charge in [-0.25, -0.2) is 9.97 Å². The maximum Gasteiger partial charge on any atom is 0.491 e. The lowest BCUT2D eigenvalue weighted by atomic mass is 9.77. The van der Waals surface area contributed by atoms with Gasteiger partial charge in [0.2, 0.25) is 0 Å². The van der Waals surface area contributed by atoms with Crippen LogP contribution in [0.4, 0.5) is 5.82 Å². The van der Waals surface area contributed by atoms with Gasteiger partial charge >= 0.3 is 7.12 Å². The number of aromatic nitrogens is 2. The Morgan fingerprint density at radius 3 is 2.48 bits per heavy atom. The SMILES string of the molecule is CNCC(=Cc1cnc(N)c(OC)n1)B1OC(C)(C)C(C)(C)O1. The van der Waals surface area contributed by atoms with Crippen molar-refractivity contribution in [1.29, 1.82) is 0 Å². The number of nitrogen functional groups attached to an aromatic ring is 1. The van der Waals surface area contributed by atoms with E-state index in [1.807, 2.05) is 40.8 Å². The predicted molar refractivity (Wildman–Crippen MR) is 91.0 cm³/mol. The Bertz CT molecular complexity index is 588. The standard InChI is InChI=1S/C15H25BN4O3/c1-14(2)15(3,4)23-16(22-14)10(8-18-5)7-11-9-19-12(17)13(20-11)21-6/h7,9,18H,8H2,1-6H3,(H2,17,19). The van der Waals surface area contributed by atoms with E-state index in [2.05, 4.69) is 15.3 Å². The van der Waals surface area contributed by atoms with Gasteiger partial charge in [0, 0.05) is 6.54 Å². The second-order valence-corrected chi connectivity index (χ2v) is 6.53. The van der Waals surface area contributed by atoms with Gasteiger partial charge in [0.1, 0.15) is 0 Å². The van der Waals surface area contributed by atoms with Crippen LogP contribution in [0.1, 0.15) is 33.4 Å². The number of hydrogen-bond acceptors (Lipinski definition) is 7. The minimum absolute atomic E-state index is 0.260. The van der Waals surface area contributed by atoms with Crippen LogP contribution in [0.2, 0.25) is 0 Å². The van der Waals surface area contributed by atoms with E-state index in [1.165, 1.54) is 7.11 Å². The summed E-state index contributed by atoms with van der Waals surface area (Å²) < 4.78 is 17.3. The molecule has 1 fully saturated rings. The van der Waals surface area contributed by atoms with Crippen molar-refractivity contribution in [2.45, 2.75) is 38.9 Å². The molecule has 0 unspecified atom stereocenters. The van der Waals surface area contributed by atoms with Crippen molar-refractivity contribution in [3.8, 4) is 5.88 Å². The van der Waals surface area contributed by atoms with Gasteiger partial charge in [-0.1, -0.05) is 0 Å². The molecule has 1 aromatic rings. The Hall–Kier alpha value is -1.64. The summed E-state index contributed by atoms with van der Waals surface area (Å²) in [6.07, 6.45) is 3.48. The van der Waals surface area contributed by atoms with Crippen molar-refractivity contribution >= 4 is 19.0 Å². The van der Waals surface area contributed by atoms with Crippen LogP contribution in [-0.4, -0.2) is 49.0 Å². The summed E-state index contributed by atoms with van der Waals surface area (Å²) in [5.41, 5.74) is 6.47. The van der Waals surface area contributed by atoms with E-state index in [-0.39, 0.29) is 5.82 Å². The Balaban J connectivity index is 2.32. The molecule has 1 aromatic heterocycles. The minimum Gasteiger partial charge on any atom is -0.478 e. The largest absolute Gasteiger partial charge is 0.491 e. The van der Waals surface area contributed by atoms with Crippen LogP contribution in [-0.2, 0) is 9.31 Å². The molecule has 0 saturated carbocycles. The first-order chi connectivity index (χ1) is 10.7. The van der Waals surface area contributed by atoms with E-state index >= 15 is 0 Å². The highest BCUT2D eigenvalue weighted by Gasteiger charge is 2.52. The maximum absolute atomic E-state index is 6.10. The van der Waals surface area contributed by atoms with Crippen LogP contribution in [0.5, 0.6) is 5.88 Å². The Kier molecular flexibility index (Phi) is 4.98. The first-order valence-electron chi connectivity index (χ1n) is 7.57. The van der Waals surface area contributed by atoms with Crippen LogP contribution >= 0.6 is 0 Å². The molecule has 0 atom stereocenters. The van der Waals surface area contributed by atoms with Crippen molar-refractivity contribution in [2.24, 2.45) is 0 Å². The third-order valence-corrected chi connectivity index (χ3v) is 4.25. The number of rotatable bonds is 5. The highest BCUT2D eigenvalue weighted by atomic mass is 16.7. The normalized spacial score (nSPS) is 19.9. The number of nitrogens with zero attached hydrogens (tertiary/aromatic N) is 2. The molecule has 0 amide bonds. The average molecular weight is 320 g/mol. The lowest BCUT2D eigenvalue weighted by molar-refractivity contribution is 0.00578. The number of nitrogens with two attached hydrogens (primary N) is 1. The molecular weight excluding hydrogens is 295 g/mol. The molecular formula is C15H25BN4O3. The smallest absolute Gasteiger partial charge is 0.478 e. The van der Waals surface area contributed by atoms with E-state index in [9.17, 15) is 0 Å². The Morgan fingerprint density at radius 2 is 1.96 bits per heavy atom. The molecule has 0 aliphatic carbocycles. The van der Waals surface area contributed by atoms with Gasteiger partial charge in [-0.2, -0.15) is 0 Å². The second kappa shape index (κ2) is 6.47. The van der Waals surface area contributed by atoms with Crippen LogP contribution in [0, 0.1) is 0 Å². The maximum atomic E-state index is 6.10. The number of nitrogens with one attached hydrogen (secondary N) is 1. The molecule has 7 nitrogen and oxygen atoms in total. The third-order valence-electron chi connectivity index (χ3n) is 4.25. The van der Waals surface area contributed by atoms with Crippen molar-refractivity contribution in [3.05, 3.63) is 17.4 Å². The van der Waals surface area contributed by atoms with Gasteiger partial charge in [0.05, 0.1) is 30.2 Å². The molecule has 1 saturated heterocycles. The molecule has 3 N–H and O–H groups in total. The highest BCUT2D eigenvalue weighted by Crippen LogP contribution is 2.38. The van der Waals surface area contributed by atoms with Crippen molar-refractivity contribution < 1.29 is 14.0 Å². The molecule has 8 heteroatoms. The van der Waals surface area contributed by atoms with Crippen LogP contribution < -0.4 is 15.8 Å². The first kappa shape index (κ1) is 17.7. The average Bonchev–Trinajstić information content (AvgIpc) is 2.69. The lowest BCUT2D eigenvalue weighted by Gasteiger charge is -2.32. The monoisotopic (exact) mass is 320 g/mol. The Labute approximate surface area is 137 Å². The summed E-state index contributed by atoms with van der Waals surface area (Å²) in [4.78, 5) is 8.42. The molecule has 1 aliphatic rings. The highest BCUT2D eigenvalue weighted by molar-refractivity contribution is 6.55. The van der Waals surface area contributed by atoms with Crippen molar-refractivity contribution in [3.63, 3.8) is 0 Å². The number of likely N-dealkylation sites (N-methyl/N-ethyl adjacent to an activating group) is 1. The summed E-state index contributed by atoms with van der Waals surface area (Å²) in [6, 6.07) is 0. The zero-order valence-electron chi connectivity index (χ0n) is 14.6. The third kappa shape index (κ3) is 3.65. The molecule has 2 rings (SSSR count). The molecule has 2 heterocycles. The molecule has 0 aromatic carbocycles. The Morgan fingerprint density at radius 1 is 1.35 bits per heavy atom. The van der Waals surface area contributed by atoms with E-state index in [1.54, 1.807) is 6.20 Å². The fourth-order valence-corrected chi connectivity index (χ4v) is 2.20. The van der Waals surface area contributed by atoms with E-state index in [0.717, 1.165) is 5.47 Å². The fourth-order valence-electron chi connectivity index (χ4n) is 2.20. The molecule has 0 bridgehead atoms. The first-order valence-corrected chi connectivity index (χ1v) is 7.57. The zero-order chi connectivity index (χ0) is 17.3. The van der Waals surface area contributed by atoms with Crippen molar-refractivity contribution in [1.82, 2.24) is 15.3 Å². The van der Waals surface area contributed by atoms with Crippen LogP contribution in [0.25, 0.3) is 6.08 Å². The van der Waals surface area contributed by atoms with Crippen LogP contribution in [0.15, 0.2) is 11.7 Å². The van der Waals surface area contributed by atoms with Crippen LogP contribution in [0.3, 0.4) is 0 Å². The van der Waals surface area contributed by atoms with E-state index in [4.69, 9.17) is 19.8 Å². The quantitative estimate of drug-likeness (QED) is 0.790. The number of ether oxygens (including phenoxy) is 1. The molecule has 23 heavy (non-hydrogen) atoms. The van der Waals surface area contributed by atoms with E-state index in [0.29, 0.717) is 18.1 Å². The summed E-state index contributed by atoms with van der Waals surface area (Å²) in [5.74, 6) is 0.562. The van der Waals surface area contributed by atoms with Crippen molar-refractivity contribution in [2.75, 3.05) is 26.4 Å². The molecule has 1 aliphatic heterocycles. The predicted octanol–water partition coefficient (Wildman–Crippen LogP) is 1.30. The van der Waals surface area contributed by atoms with Gasteiger partial charge in [-0.05, 0) is 46.3 Å². The summed E-state index contributed by atoms with van der Waals surface area (Å²) in [6.45, 7) is 8.70. The minimum atomic E-state index is -0.446. The molecule has 0 radical (unpaired) electrons. The zero-order valence-corrected chi connectivity index (χ0v) is 14.6. The summed E-state index contributed by atoms with van der Waals surface area (Å²) in [7, 11) is 2.93. The van der Waals surface area contributed by atoms with Gasteiger partial charge in [0.15, 0.2) is 5.82 Å². The number of hydrogen-bond donors (Lipinski definition) is 2. The summed E-state index contributed by atoms with van der Waals surface area (Å²) >= 11 is 0. The van der Waals surface area contributed by atoms with Gasteiger partial charge in [0.25, 0.3) is 5.88 Å². The fraction of sp³-hybridized carbons (Fsp3) is 0.600.